The van der Waals surface area contributed by atoms with Crippen molar-refractivity contribution in [3.05, 3.63) is 35.2 Å². The number of aliphatic carboxylic acids is 1. The Balaban J connectivity index is 2.18. The van der Waals surface area contributed by atoms with Gasteiger partial charge in [0.1, 0.15) is 0 Å². The first kappa shape index (κ1) is 13.5. The van der Waals surface area contributed by atoms with Crippen LogP contribution >= 0.6 is 11.3 Å². The van der Waals surface area contributed by atoms with Crippen LogP contribution in [0, 0.1) is 5.92 Å². The van der Waals surface area contributed by atoms with E-state index in [1.807, 2.05) is 24.3 Å². The summed E-state index contributed by atoms with van der Waals surface area (Å²) < 4.78 is 1.05. The van der Waals surface area contributed by atoms with Crippen LogP contribution in [0.2, 0.25) is 0 Å². The van der Waals surface area contributed by atoms with Crippen LogP contribution in [0.25, 0.3) is 10.1 Å². The van der Waals surface area contributed by atoms with Gasteiger partial charge in [-0.05, 0) is 19.9 Å². The van der Waals surface area contributed by atoms with Crippen LogP contribution < -0.4 is 5.32 Å². The van der Waals surface area contributed by atoms with Gasteiger partial charge in [0.15, 0.2) is 0 Å². The maximum atomic E-state index is 12.2. The average molecular weight is 277 g/mol. The van der Waals surface area contributed by atoms with Gasteiger partial charge in [-0.1, -0.05) is 18.2 Å². The molecule has 19 heavy (non-hydrogen) atoms. The summed E-state index contributed by atoms with van der Waals surface area (Å²) in [5.41, 5.74) is 0.602. The third-order valence-electron chi connectivity index (χ3n) is 3.22. The van der Waals surface area contributed by atoms with Crippen molar-refractivity contribution in [2.75, 3.05) is 0 Å². The van der Waals surface area contributed by atoms with Gasteiger partial charge in [0, 0.05) is 21.5 Å². The second-order valence-corrected chi connectivity index (χ2v) is 5.45. The normalized spacial score (nSPS) is 14.0. The van der Waals surface area contributed by atoms with E-state index in [4.69, 9.17) is 5.11 Å². The topological polar surface area (TPSA) is 66.4 Å². The second-order valence-electron chi connectivity index (χ2n) is 4.53. The van der Waals surface area contributed by atoms with Crippen molar-refractivity contribution >= 4 is 33.3 Å². The fourth-order valence-electron chi connectivity index (χ4n) is 1.78. The highest BCUT2D eigenvalue weighted by molar-refractivity contribution is 7.17. The minimum Gasteiger partial charge on any atom is -0.481 e. The Morgan fingerprint density at radius 1 is 1.26 bits per heavy atom. The van der Waals surface area contributed by atoms with Gasteiger partial charge in [-0.2, -0.15) is 0 Å². The maximum absolute atomic E-state index is 12.2. The van der Waals surface area contributed by atoms with Gasteiger partial charge >= 0.3 is 5.97 Å². The van der Waals surface area contributed by atoms with E-state index < -0.39 is 17.9 Å². The summed E-state index contributed by atoms with van der Waals surface area (Å²) in [7, 11) is 0. The minimum absolute atomic E-state index is 0.224. The third-order valence-corrected chi connectivity index (χ3v) is 4.19. The van der Waals surface area contributed by atoms with Gasteiger partial charge in [0.25, 0.3) is 5.91 Å². The molecule has 0 aliphatic carbocycles. The van der Waals surface area contributed by atoms with Crippen molar-refractivity contribution in [3.63, 3.8) is 0 Å². The van der Waals surface area contributed by atoms with Gasteiger partial charge < -0.3 is 10.4 Å². The Kier molecular flexibility index (Phi) is 3.85. The zero-order valence-electron chi connectivity index (χ0n) is 10.7. The van der Waals surface area contributed by atoms with Crippen LogP contribution in [0.3, 0.4) is 0 Å². The highest BCUT2D eigenvalue weighted by Crippen LogP contribution is 2.25. The lowest BCUT2D eigenvalue weighted by Gasteiger charge is -2.17. The number of nitrogens with one attached hydrogen (secondary N) is 1. The van der Waals surface area contributed by atoms with Crippen molar-refractivity contribution in [2.24, 2.45) is 5.92 Å². The molecule has 2 rings (SSSR count). The molecule has 0 saturated carbocycles. The second kappa shape index (κ2) is 5.40. The summed E-state index contributed by atoms with van der Waals surface area (Å²) in [5.74, 6) is -1.75. The van der Waals surface area contributed by atoms with E-state index in [0.29, 0.717) is 5.56 Å². The van der Waals surface area contributed by atoms with Crippen LogP contribution in [0.1, 0.15) is 24.2 Å². The molecule has 0 saturated heterocycles. The molecule has 2 atom stereocenters. The van der Waals surface area contributed by atoms with Crippen molar-refractivity contribution in [3.8, 4) is 0 Å². The number of thiophene rings is 1. The summed E-state index contributed by atoms with van der Waals surface area (Å²) in [6.45, 7) is 3.28. The quantitative estimate of drug-likeness (QED) is 0.903. The van der Waals surface area contributed by atoms with Gasteiger partial charge in [-0.15, -0.1) is 11.3 Å². The third kappa shape index (κ3) is 2.76. The van der Waals surface area contributed by atoms with E-state index in [2.05, 4.69) is 5.32 Å². The molecule has 4 nitrogen and oxygen atoms in total. The van der Waals surface area contributed by atoms with E-state index in [0.717, 1.165) is 10.1 Å². The zero-order valence-corrected chi connectivity index (χ0v) is 11.5. The summed E-state index contributed by atoms with van der Waals surface area (Å²) in [4.78, 5) is 23.0. The number of carboxylic acid groups (broad SMARTS) is 1. The Hall–Kier alpha value is -1.88. The Bertz CT molecular complexity index is 620. The maximum Gasteiger partial charge on any atom is 0.308 e. The van der Waals surface area contributed by atoms with Crippen molar-refractivity contribution in [2.45, 2.75) is 19.9 Å². The Morgan fingerprint density at radius 3 is 2.63 bits per heavy atom. The summed E-state index contributed by atoms with van der Waals surface area (Å²) in [6, 6.07) is 7.25. The molecule has 2 unspecified atom stereocenters. The SMILES string of the molecule is CC(NC(=O)c1csc2ccccc12)C(C)C(=O)O. The van der Waals surface area contributed by atoms with Crippen molar-refractivity contribution in [1.82, 2.24) is 5.32 Å². The highest BCUT2D eigenvalue weighted by Gasteiger charge is 2.22. The molecule has 1 heterocycles. The molecule has 100 valence electrons. The van der Waals surface area contributed by atoms with Crippen molar-refractivity contribution in [1.29, 1.82) is 0 Å². The number of carboxylic acids is 1. The predicted molar refractivity (Wildman–Crippen MR) is 75.6 cm³/mol. The zero-order chi connectivity index (χ0) is 14.0. The minimum atomic E-state index is -0.914. The van der Waals surface area contributed by atoms with E-state index in [-0.39, 0.29) is 5.91 Å². The molecule has 0 aliphatic heterocycles. The molecule has 0 spiro atoms. The lowest BCUT2D eigenvalue weighted by atomic mass is 10.0. The molecular formula is C14H15NO3S. The van der Waals surface area contributed by atoms with E-state index in [1.54, 1.807) is 19.2 Å². The molecule has 5 heteroatoms. The van der Waals surface area contributed by atoms with E-state index >= 15 is 0 Å². The molecular weight excluding hydrogens is 262 g/mol. The lowest BCUT2D eigenvalue weighted by Crippen LogP contribution is -2.39. The summed E-state index contributed by atoms with van der Waals surface area (Å²) in [6.07, 6.45) is 0. The monoisotopic (exact) mass is 277 g/mol. The molecule has 0 bridgehead atoms. The molecule has 1 aromatic carbocycles. The van der Waals surface area contributed by atoms with Gasteiger partial charge in [-0.25, -0.2) is 0 Å². The van der Waals surface area contributed by atoms with Gasteiger partial charge in [0.2, 0.25) is 0 Å². The number of hydrogen-bond donors (Lipinski definition) is 2. The van der Waals surface area contributed by atoms with Gasteiger partial charge in [0.05, 0.1) is 11.5 Å². The van der Waals surface area contributed by atoms with Crippen LogP contribution in [0.15, 0.2) is 29.6 Å². The number of carbonyl (C=O) groups is 2. The summed E-state index contributed by atoms with van der Waals surface area (Å²) in [5, 5.41) is 14.4. The number of benzene rings is 1. The number of rotatable bonds is 4. The number of fused-ring (bicyclic) bond motifs is 1. The first-order valence-electron chi connectivity index (χ1n) is 6.00. The molecule has 0 fully saturated rings. The van der Waals surface area contributed by atoms with Crippen LogP contribution in [-0.2, 0) is 4.79 Å². The number of amides is 1. The Labute approximate surface area is 115 Å². The first-order chi connectivity index (χ1) is 9.00. The molecule has 0 radical (unpaired) electrons. The van der Waals surface area contributed by atoms with Crippen LogP contribution in [0.5, 0.6) is 0 Å². The highest BCUT2D eigenvalue weighted by atomic mass is 32.1. The predicted octanol–water partition coefficient (Wildman–Crippen LogP) is 2.74. The molecule has 1 amide bonds. The Morgan fingerprint density at radius 2 is 1.95 bits per heavy atom. The molecule has 0 aliphatic rings. The lowest BCUT2D eigenvalue weighted by molar-refractivity contribution is -0.141. The fourth-order valence-corrected chi connectivity index (χ4v) is 2.72. The molecule has 2 aromatic rings. The molecule has 2 N–H and O–H groups in total. The van der Waals surface area contributed by atoms with Crippen molar-refractivity contribution < 1.29 is 14.7 Å². The van der Waals surface area contributed by atoms with E-state index in [9.17, 15) is 9.59 Å². The van der Waals surface area contributed by atoms with Gasteiger partial charge in [-0.3, -0.25) is 9.59 Å². The average Bonchev–Trinajstić information content (AvgIpc) is 2.81. The van der Waals surface area contributed by atoms with Crippen LogP contribution in [-0.4, -0.2) is 23.0 Å². The first-order valence-corrected chi connectivity index (χ1v) is 6.88. The fraction of sp³-hybridized carbons (Fsp3) is 0.286. The number of carbonyl (C=O) groups excluding carboxylic acids is 1. The standard InChI is InChI=1S/C14H15NO3S/c1-8(14(17)18)9(2)15-13(16)11-7-19-12-6-4-3-5-10(11)12/h3-9H,1-2H3,(H,15,16)(H,17,18). The smallest absolute Gasteiger partial charge is 0.308 e. The largest absolute Gasteiger partial charge is 0.481 e. The summed E-state index contributed by atoms with van der Waals surface area (Å²) >= 11 is 1.51. The van der Waals surface area contributed by atoms with Crippen LogP contribution in [0.4, 0.5) is 0 Å². The molecule has 1 aromatic heterocycles. The number of hydrogen-bond acceptors (Lipinski definition) is 3. The van der Waals surface area contributed by atoms with E-state index in [1.165, 1.54) is 11.3 Å².